The summed E-state index contributed by atoms with van der Waals surface area (Å²) in [6.07, 6.45) is 0. The highest BCUT2D eigenvalue weighted by Gasteiger charge is 2.17. The summed E-state index contributed by atoms with van der Waals surface area (Å²) >= 11 is 0. The first-order chi connectivity index (χ1) is 12.2. The van der Waals surface area contributed by atoms with Crippen LogP contribution >= 0.6 is 0 Å². The molecule has 2 N–H and O–H groups in total. The molecule has 2 aromatic carbocycles. The fourth-order valence-corrected chi connectivity index (χ4v) is 3.29. The highest BCUT2D eigenvalue weighted by Crippen LogP contribution is 2.19. The summed E-state index contributed by atoms with van der Waals surface area (Å²) in [5.41, 5.74) is 0.674. The number of carbonyl (C=O) groups is 2. The first-order valence-electron chi connectivity index (χ1n) is 7.85. The fourth-order valence-electron chi connectivity index (χ4n) is 2.19. The SMILES string of the molecule is COC(=O)c1cccc(NS(=O)(=O)c2cccc(C(=O)NC(C)C)c2)c1. The van der Waals surface area contributed by atoms with Gasteiger partial charge in [-0.05, 0) is 50.2 Å². The van der Waals surface area contributed by atoms with Crippen LogP contribution in [0.15, 0.2) is 53.4 Å². The van der Waals surface area contributed by atoms with E-state index in [1.807, 2.05) is 13.8 Å². The topological polar surface area (TPSA) is 102 Å². The third-order valence-corrected chi connectivity index (χ3v) is 4.74. The molecule has 8 heteroatoms. The minimum Gasteiger partial charge on any atom is -0.465 e. The van der Waals surface area contributed by atoms with Crippen LogP contribution in [0, 0.1) is 0 Å². The molecule has 0 saturated heterocycles. The Bertz CT molecular complexity index is 923. The van der Waals surface area contributed by atoms with Gasteiger partial charge in [0.05, 0.1) is 17.6 Å². The van der Waals surface area contributed by atoms with Gasteiger partial charge in [-0.2, -0.15) is 0 Å². The summed E-state index contributed by atoms with van der Waals surface area (Å²) in [6, 6.07) is 11.6. The summed E-state index contributed by atoms with van der Waals surface area (Å²) in [5.74, 6) is -0.928. The van der Waals surface area contributed by atoms with Crippen LogP contribution in [0.5, 0.6) is 0 Å². The molecule has 7 nitrogen and oxygen atoms in total. The van der Waals surface area contributed by atoms with Crippen molar-refractivity contribution in [3.8, 4) is 0 Å². The van der Waals surface area contributed by atoms with Crippen LogP contribution in [0.2, 0.25) is 0 Å². The van der Waals surface area contributed by atoms with E-state index in [0.717, 1.165) is 0 Å². The van der Waals surface area contributed by atoms with Gasteiger partial charge >= 0.3 is 5.97 Å². The second-order valence-corrected chi connectivity index (χ2v) is 7.52. The van der Waals surface area contributed by atoms with Crippen LogP contribution in [-0.4, -0.2) is 33.4 Å². The van der Waals surface area contributed by atoms with Gasteiger partial charge in [-0.3, -0.25) is 9.52 Å². The van der Waals surface area contributed by atoms with E-state index < -0.39 is 16.0 Å². The van der Waals surface area contributed by atoms with Crippen LogP contribution < -0.4 is 10.0 Å². The molecule has 2 rings (SSSR count). The summed E-state index contributed by atoms with van der Waals surface area (Å²) in [5, 5.41) is 2.71. The molecule has 0 aliphatic rings. The average molecular weight is 376 g/mol. The molecule has 0 saturated carbocycles. The highest BCUT2D eigenvalue weighted by molar-refractivity contribution is 7.92. The van der Waals surface area contributed by atoms with Gasteiger partial charge in [-0.25, -0.2) is 13.2 Å². The number of esters is 1. The number of anilines is 1. The molecular weight excluding hydrogens is 356 g/mol. The Morgan fingerprint density at radius 2 is 1.65 bits per heavy atom. The molecule has 0 aromatic heterocycles. The molecule has 1 amide bonds. The maximum atomic E-state index is 12.6. The number of carbonyl (C=O) groups excluding carboxylic acids is 2. The summed E-state index contributed by atoms with van der Waals surface area (Å²) < 4.78 is 32.2. The largest absolute Gasteiger partial charge is 0.465 e. The monoisotopic (exact) mass is 376 g/mol. The quantitative estimate of drug-likeness (QED) is 0.754. The molecule has 0 fully saturated rings. The van der Waals surface area contributed by atoms with Gasteiger partial charge in [-0.15, -0.1) is 0 Å². The number of amides is 1. The molecular formula is C18H20N2O5S. The van der Waals surface area contributed by atoms with Crippen molar-refractivity contribution in [3.63, 3.8) is 0 Å². The Labute approximate surface area is 152 Å². The van der Waals surface area contributed by atoms with E-state index in [1.165, 1.54) is 55.6 Å². The van der Waals surface area contributed by atoms with Crippen molar-refractivity contribution >= 4 is 27.6 Å². The van der Waals surface area contributed by atoms with Crippen LogP contribution in [-0.2, 0) is 14.8 Å². The van der Waals surface area contributed by atoms with Crippen molar-refractivity contribution in [1.82, 2.24) is 5.32 Å². The summed E-state index contributed by atoms with van der Waals surface area (Å²) in [4.78, 5) is 23.6. The lowest BCUT2D eigenvalue weighted by Gasteiger charge is -2.11. The Balaban J connectivity index is 2.28. The van der Waals surface area contributed by atoms with Gasteiger partial charge in [-0.1, -0.05) is 12.1 Å². The first kappa shape index (κ1) is 19.5. The number of nitrogens with one attached hydrogen (secondary N) is 2. The van der Waals surface area contributed by atoms with E-state index >= 15 is 0 Å². The Morgan fingerprint density at radius 1 is 1.00 bits per heavy atom. The van der Waals surface area contributed by atoms with Crippen LogP contribution in [0.3, 0.4) is 0 Å². The maximum Gasteiger partial charge on any atom is 0.337 e. The minimum atomic E-state index is -3.93. The third-order valence-electron chi connectivity index (χ3n) is 3.36. The van der Waals surface area contributed by atoms with Gasteiger partial charge in [0.2, 0.25) is 0 Å². The van der Waals surface area contributed by atoms with Gasteiger partial charge < -0.3 is 10.1 Å². The lowest BCUT2D eigenvalue weighted by molar-refractivity contribution is 0.0600. The molecule has 26 heavy (non-hydrogen) atoms. The summed E-state index contributed by atoms with van der Waals surface area (Å²) in [6.45, 7) is 3.63. The number of methoxy groups -OCH3 is 1. The van der Waals surface area contributed by atoms with E-state index in [1.54, 1.807) is 0 Å². The predicted octanol–water partition coefficient (Wildman–Crippen LogP) is 2.41. The van der Waals surface area contributed by atoms with E-state index in [-0.39, 0.29) is 33.7 Å². The zero-order chi connectivity index (χ0) is 19.3. The second-order valence-electron chi connectivity index (χ2n) is 5.83. The Morgan fingerprint density at radius 3 is 2.31 bits per heavy atom. The van der Waals surface area contributed by atoms with E-state index in [2.05, 4.69) is 14.8 Å². The molecule has 2 aromatic rings. The van der Waals surface area contributed by atoms with Gasteiger partial charge in [0, 0.05) is 17.3 Å². The van der Waals surface area contributed by atoms with Crippen LogP contribution in [0.4, 0.5) is 5.69 Å². The van der Waals surface area contributed by atoms with E-state index in [9.17, 15) is 18.0 Å². The zero-order valence-corrected chi connectivity index (χ0v) is 15.5. The second kappa shape index (κ2) is 8.01. The van der Waals surface area contributed by atoms with Crippen molar-refractivity contribution in [3.05, 3.63) is 59.7 Å². The highest BCUT2D eigenvalue weighted by atomic mass is 32.2. The van der Waals surface area contributed by atoms with Crippen molar-refractivity contribution in [1.29, 1.82) is 0 Å². The average Bonchev–Trinajstić information content (AvgIpc) is 2.60. The number of sulfonamides is 1. The van der Waals surface area contributed by atoms with Crippen LogP contribution in [0.1, 0.15) is 34.6 Å². The lowest BCUT2D eigenvalue weighted by atomic mass is 10.2. The van der Waals surface area contributed by atoms with Gasteiger partial charge in [0.25, 0.3) is 15.9 Å². The molecule has 0 aliphatic carbocycles. The smallest absolute Gasteiger partial charge is 0.337 e. The maximum absolute atomic E-state index is 12.6. The van der Waals surface area contributed by atoms with Crippen molar-refractivity contribution in [2.75, 3.05) is 11.8 Å². The number of hydrogen-bond acceptors (Lipinski definition) is 5. The molecule has 0 aliphatic heterocycles. The third kappa shape index (κ3) is 4.82. The molecule has 138 valence electrons. The molecule has 0 spiro atoms. The zero-order valence-electron chi connectivity index (χ0n) is 14.6. The van der Waals surface area contributed by atoms with Crippen molar-refractivity contribution < 1.29 is 22.7 Å². The number of benzene rings is 2. The van der Waals surface area contributed by atoms with Crippen molar-refractivity contribution in [2.45, 2.75) is 24.8 Å². The standard InChI is InChI=1S/C18H20N2O5S/c1-12(2)19-17(21)13-6-5-9-16(11-13)26(23,24)20-15-8-4-7-14(10-15)18(22)25-3/h4-12,20H,1-3H3,(H,19,21). The molecule has 0 bridgehead atoms. The molecule has 0 atom stereocenters. The lowest BCUT2D eigenvalue weighted by Crippen LogP contribution is -2.30. The Kier molecular flexibility index (Phi) is 5.99. The fraction of sp³-hybridized carbons (Fsp3) is 0.222. The number of hydrogen-bond donors (Lipinski definition) is 2. The number of ether oxygens (including phenoxy) is 1. The predicted molar refractivity (Wildman–Crippen MR) is 97.6 cm³/mol. The molecule has 0 unspecified atom stereocenters. The Hall–Kier alpha value is -2.87. The normalized spacial score (nSPS) is 11.1. The number of rotatable bonds is 6. The molecule has 0 radical (unpaired) electrons. The van der Waals surface area contributed by atoms with E-state index in [0.29, 0.717) is 0 Å². The van der Waals surface area contributed by atoms with Crippen molar-refractivity contribution in [2.24, 2.45) is 0 Å². The molecule has 0 heterocycles. The van der Waals surface area contributed by atoms with E-state index in [4.69, 9.17) is 0 Å². The van der Waals surface area contributed by atoms with Crippen LogP contribution in [0.25, 0.3) is 0 Å². The van der Waals surface area contributed by atoms with Gasteiger partial charge in [0.15, 0.2) is 0 Å². The summed E-state index contributed by atoms with van der Waals surface area (Å²) in [7, 11) is -2.69. The van der Waals surface area contributed by atoms with Gasteiger partial charge in [0.1, 0.15) is 0 Å². The first-order valence-corrected chi connectivity index (χ1v) is 9.33. The minimum absolute atomic E-state index is 0.0580.